The van der Waals surface area contributed by atoms with E-state index in [0.29, 0.717) is 5.82 Å². The lowest BCUT2D eigenvalue weighted by atomic mass is 10.1. The van der Waals surface area contributed by atoms with E-state index in [-0.39, 0.29) is 27.9 Å². The van der Waals surface area contributed by atoms with Crippen LogP contribution >= 0.6 is 22.9 Å². The first-order valence-electron chi connectivity index (χ1n) is 8.58. The number of aromatic nitrogens is 3. The van der Waals surface area contributed by atoms with Gasteiger partial charge in [0.25, 0.3) is 11.5 Å². The number of pyridine rings is 1. The van der Waals surface area contributed by atoms with Crippen LogP contribution in [0.2, 0.25) is 5.02 Å². The summed E-state index contributed by atoms with van der Waals surface area (Å²) in [5.41, 5.74) is 2.58. The number of nitrogens with zero attached hydrogens (tertiary/aromatic N) is 3. The second-order valence-electron chi connectivity index (χ2n) is 6.74. The highest BCUT2D eigenvalue weighted by Gasteiger charge is 2.41. The van der Waals surface area contributed by atoms with Crippen molar-refractivity contribution in [3.63, 3.8) is 0 Å². The van der Waals surface area contributed by atoms with Crippen molar-refractivity contribution < 1.29 is 4.79 Å². The van der Waals surface area contributed by atoms with Gasteiger partial charge in [-0.25, -0.2) is 14.6 Å². The third kappa shape index (κ3) is 2.57. The monoisotopic (exact) mass is 402 g/mol. The van der Waals surface area contributed by atoms with Crippen LogP contribution < -0.4 is 21.6 Å². The molecule has 2 aliphatic rings. The van der Waals surface area contributed by atoms with Crippen LogP contribution in [0.3, 0.4) is 0 Å². The summed E-state index contributed by atoms with van der Waals surface area (Å²) in [6.07, 6.45) is 4.95. The zero-order valence-electron chi connectivity index (χ0n) is 14.1. The van der Waals surface area contributed by atoms with Gasteiger partial charge in [0.05, 0.1) is 10.4 Å². The van der Waals surface area contributed by atoms with Crippen LogP contribution in [-0.2, 0) is 0 Å². The first-order chi connectivity index (χ1) is 13.1. The first kappa shape index (κ1) is 16.5. The molecule has 138 valence electrons. The quantitative estimate of drug-likeness (QED) is 0.609. The molecule has 3 N–H and O–H groups in total. The zero-order valence-corrected chi connectivity index (χ0v) is 15.7. The van der Waals surface area contributed by atoms with E-state index in [0.717, 1.165) is 35.9 Å². The molecule has 0 unspecified atom stereocenters. The fourth-order valence-electron chi connectivity index (χ4n) is 3.74. The van der Waals surface area contributed by atoms with Gasteiger partial charge in [0.2, 0.25) is 0 Å². The van der Waals surface area contributed by atoms with Crippen LogP contribution in [-0.4, -0.2) is 26.2 Å². The van der Waals surface area contributed by atoms with E-state index in [2.05, 4.69) is 26.0 Å². The number of thiophene rings is 1. The molecule has 0 atom stereocenters. The molecule has 1 spiro atoms. The topological polar surface area (TPSA) is 101 Å². The van der Waals surface area contributed by atoms with Gasteiger partial charge in [0.15, 0.2) is 0 Å². The molecular formula is C17H15ClN6O2S. The summed E-state index contributed by atoms with van der Waals surface area (Å²) in [7, 11) is 0. The number of amides is 1. The zero-order chi connectivity index (χ0) is 18.6. The summed E-state index contributed by atoms with van der Waals surface area (Å²) in [6.45, 7) is 0. The molecule has 0 radical (unpaired) electrons. The van der Waals surface area contributed by atoms with Crippen molar-refractivity contribution in [3.8, 4) is 0 Å². The predicted octanol–water partition coefficient (Wildman–Crippen LogP) is 2.81. The fraction of sp³-hybridized carbons (Fsp3) is 0.294. The summed E-state index contributed by atoms with van der Waals surface area (Å²) < 4.78 is 1.26. The molecule has 10 heteroatoms. The van der Waals surface area contributed by atoms with Crippen LogP contribution in [0.5, 0.6) is 0 Å². The Hall–Kier alpha value is -2.65. The molecule has 0 aromatic carbocycles. The smallest absolute Gasteiger partial charge is 0.293 e. The van der Waals surface area contributed by atoms with Crippen molar-refractivity contribution in [2.24, 2.45) is 0 Å². The van der Waals surface area contributed by atoms with E-state index in [1.165, 1.54) is 28.4 Å². The summed E-state index contributed by atoms with van der Waals surface area (Å²) >= 11 is 7.83. The molecule has 1 aliphatic carbocycles. The maximum atomic E-state index is 13.1. The van der Waals surface area contributed by atoms with Crippen molar-refractivity contribution >= 4 is 50.6 Å². The highest BCUT2D eigenvalue weighted by Crippen LogP contribution is 2.32. The van der Waals surface area contributed by atoms with Crippen LogP contribution in [0.15, 0.2) is 28.6 Å². The SMILES string of the molecule is O=C1NC2(CCCC2)Nn2c1c(Cl)cc(Nc1ncnc3sccc13)c2=O. The van der Waals surface area contributed by atoms with Gasteiger partial charge in [0, 0.05) is 0 Å². The maximum absolute atomic E-state index is 13.1. The highest BCUT2D eigenvalue weighted by molar-refractivity contribution is 7.16. The Labute approximate surface area is 162 Å². The first-order valence-corrected chi connectivity index (χ1v) is 9.84. The molecule has 5 rings (SSSR count). The summed E-state index contributed by atoms with van der Waals surface area (Å²) in [5.74, 6) is 0.178. The van der Waals surface area contributed by atoms with Crippen molar-refractivity contribution in [3.05, 3.63) is 44.9 Å². The number of hydrogen-bond acceptors (Lipinski definition) is 7. The van der Waals surface area contributed by atoms with Crippen LogP contribution in [0.25, 0.3) is 10.2 Å². The van der Waals surface area contributed by atoms with Gasteiger partial charge in [-0.2, -0.15) is 0 Å². The number of carbonyl (C=O) groups is 1. The van der Waals surface area contributed by atoms with Gasteiger partial charge < -0.3 is 10.6 Å². The molecule has 1 aliphatic heterocycles. The third-order valence-corrected chi connectivity index (χ3v) is 6.13. The Balaban J connectivity index is 1.61. The molecule has 0 saturated heterocycles. The molecule has 3 aromatic heterocycles. The number of nitrogens with one attached hydrogen (secondary N) is 3. The lowest BCUT2D eigenvalue weighted by molar-refractivity contribution is 0.0869. The number of rotatable bonds is 2. The van der Waals surface area contributed by atoms with Crippen molar-refractivity contribution in [2.75, 3.05) is 10.7 Å². The molecule has 0 bridgehead atoms. The number of carbonyl (C=O) groups excluding carboxylic acids is 1. The average Bonchev–Trinajstić information content (AvgIpc) is 3.29. The Kier molecular flexibility index (Phi) is 3.63. The summed E-state index contributed by atoms with van der Waals surface area (Å²) in [4.78, 5) is 34.9. The number of fused-ring (bicyclic) bond motifs is 2. The Bertz CT molecular complexity index is 1130. The van der Waals surface area contributed by atoms with Crippen molar-refractivity contribution in [1.29, 1.82) is 0 Å². The second-order valence-corrected chi connectivity index (χ2v) is 8.04. The minimum atomic E-state index is -0.592. The highest BCUT2D eigenvalue weighted by atomic mass is 35.5. The van der Waals surface area contributed by atoms with E-state index in [9.17, 15) is 9.59 Å². The molecule has 27 heavy (non-hydrogen) atoms. The number of hydrogen-bond donors (Lipinski definition) is 3. The molecule has 4 heterocycles. The average molecular weight is 403 g/mol. The molecule has 1 saturated carbocycles. The van der Waals surface area contributed by atoms with Crippen LogP contribution in [0, 0.1) is 0 Å². The third-order valence-electron chi connectivity index (χ3n) is 5.02. The molecule has 1 fully saturated rings. The van der Waals surface area contributed by atoms with Crippen LogP contribution in [0.4, 0.5) is 11.5 Å². The van der Waals surface area contributed by atoms with Gasteiger partial charge in [0.1, 0.15) is 34.0 Å². The van der Waals surface area contributed by atoms with Gasteiger partial charge >= 0.3 is 0 Å². The standard InChI is InChI=1S/C17H15ClN6O2S/c18-10-7-11(21-13-9-3-6-27-15(9)20-8-19-13)16(26)24-12(10)14(25)22-17(23-24)4-1-2-5-17/h3,6-8,23H,1-2,4-5H2,(H,22,25)(H,19,20,21). The largest absolute Gasteiger partial charge is 0.335 e. The van der Waals surface area contributed by atoms with Gasteiger partial charge in [-0.05, 0) is 43.2 Å². The van der Waals surface area contributed by atoms with E-state index >= 15 is 0 Å². The lowest BCUT2D eigenvalue weighted by Gasteiger charge is -2.38. The van der Waals surface area contributed by atoms with E-state index < -0.39 is 5.66 Å². The van der Waals surface area contributed by atoms with Gasteiger partial charge in [-0.3, -0.25) is 15.0 Å². The molecular weight excluding hydrogens is 388 g/mol. The van der Waals surface area contributed by atoms with Crippen molar-refractivity contribution in [1.82, 2.24) is 20.0 Å². The minimum Gasteiger partial charge on any atom is -0.335 e. The number of halogens is 1. The Morgan fingerprint density at radius 2 is 2.07 bits per heavy atom. The van der Waals surface area contributed by atoms with E-state index in [1.807, 2.05) is 11.4 Å². The fourth-order valence-corrected chi connectivity index (χ4v) is 4.76. The molecule has 8 nitrogen and oxygen atoms in total. The Morgan fingerprint density at radius 1 is 1.26 bits per heavy atom. The molecule has 3 aromatic rings. The lowest BCUT2D eigenvalue weighted by Crippen LogP contribution is -2.62. The normalized spacial score (nSPS) is 17.6. The minimum absolute atomic E-state index is 0.119. The van der Waals surface area contributed by atoms with E-state index in [1.54, 1.807) is 0 Å². The predicted molar refractivity (Wildman–Crippen MR) is 104 cm³/mol. The summed E-state index contributed by atoms with van der Waals surface area (Å²) in [5, 5.41) is 8.94. The van der Waals surface area contributed by atoms with E-state index in [4.69, 9.17) is 11.6 Å². The summed E-state index contributed by atoms with van der Waals surface area (Å²) in [6, 6.07) is 3.35. The Morgan fingerprint density at radius 3 is 2.89 bits per heavy atom. The maximum Gasteiger partial charge on any atom is 0.293 e. The number of anilines is 2. The second kappa shape index (κ2) is 5.93. The molecule has 1 amide bonds. The van der Waals surface area contributed by atoms with Crippen molar-refractivity contribution in [2.45, 2.75) is 31.3 Å². The van der Waals surface area contributed by atoms with Crippen LogP contribution in [0.1, 0.15) is 36.2 Å². The van der Waals surface area contributed by atoms with Gasteiger partial charge in [-0.1, -0.05) is 11.6 Å². The van der Waals surface area contributed by atoms with Gasteiger partial charge in [-0.15, -0.1) is 11.3 Å².